The predicted octanol–water partition coefficient (Wildman–Crippen LogP) is 0.0301. The molecule has 0 bridgehead atoms. The van der Waals surface area contributed by atoms with Crippen LogP contribution in [0.3, 0.4) is 0 Å². The third kappa shape index (κ3) is 2.46. The van der Waals surface area contributed by atoms with E-state index in [1.165, 1.54) is 4.90 Å². The predicted molar refractivity (Wildman–Crippen MR) is 78.3 cm³/mol. The number of carbonyl (C=O) groups excluding carboxylic acids is 3. The van der Waals surface area contributed by atoms with Crippen molar-refractivity contribution in [3.05, 3.63) is 0 Å². The standard InChI is InChI=1S/C15H21N3O5/c1-14(12(21)22)5-6-17(8-14)10(19)7-18-11(20)15(2,9-3-4-9)16-13(18)23/h9H,3-8H2,1-2H3,(H,16,23)(H,21,22). The van der Waals surface area contributed by atoms with E-state index in [2.05, 4.69) is 5.32 Å². The summed E-state index contributed by atoms with van der Waals surface area (Å²) in [5.74, 6) is -1.55. The van der Waals surface area contributed by atoms with Gasteiger partial charge in [-0.1, -0.05) is 0 Å². The number of imide groups is 1. The van der Waals surface area contributed by atoms with Gasteiger partial charge in [0, 0.05) is 13.1 Å². The van der Waals surface area contributed by atoms with Crippen LogP contribution in [0, 0.1) is 11.3 Å². The number of aliphatic carboxylic acids is 1. The Balaban J connectivity index is 1.66. The molecule has 8 nitrogen and oxygen atoms in total. The molecule has 4 amide bonds. The maximum Gasteiger partial charge on any atom is 0.325 e. The van der Waals surface area contributed by atoms with Gasteiger partial charge in [0.1, 0.15) is 12.1 Å². The number of carbonyl (C=O) groups is 4. The summed E-state index contributed by atoms with van der Waals surface area (Å²) >= 11 is 0. The van der Waals surface area contributed by atoms with Crippen LogP contribution in [0.25, 0.3) is 0 Å². The molecule has 0 aromatic rings. The third-order valence-electron chi connectivity index (χ3n) is 5.33. The minimum atomic E-state index is -0.963. The van der Waals surface area contributed by atoms with Crippen LogP contribution in [-0.2, 0) is 14.4 Å². The topological polar surface area (TPSA) is 107 Å². The van der Waals surface area contributed by atoms with Crippen LogP contribution in [0.15, 0.2) is 0 Å². The van der Waals surface area contributed by atoms with Crippen LogP contribution in [-0.4, -0.2) is 63.9 Å². The smallest absolute Gasteiger partial charge is 0.325 e. The molecule has 2 saturated heterocycles. The molecule has 126 valence electrons. The Morgan fingerprint density at radius 1 is 1.30 bits per heavy atom. The van der Waals surface area contributed by atoms with Crippen molar-refractivity contribution in [2.24, 2.45) is 11.3 Å². The molecule has 2 unspecified atom stereocenters. The van der Waals surface area contributed by atoms with Gasteiger partial charge in [-0.05, 0) is 39.0 Å². The SMILES string of the molecule is CC1(C(=O)O)CCN(C(=O)CN2C(=O)NC(C)(C3CC3)C2=O)C1. The number of hydrogen-bond donors (Lipinski definition) is 2. The monoisotopic (exact) mass is 323 g/mol. The van der Waals surface area contributed by atoms with Gasteiger partial charge in [-0.3, -0.25) is 19.3 Å². The van der Waals surface area contributed by atoms with E-state index in [9.17, 15) is 24.3 Å². The van der Waals surface area contributed by atoms with Crippen molar-refractivity contribution in [2.75, 3.05) is 19.6 Å². The van der Waals surface area contributed by atoms with E-state index in [1.54, 1.807) is 13.8 Å². The summed E-state index contributed by atoms with van der Waals surface area (Å²) in [6, 6.07) is -0.544. The van der Waals surface area contributed by atoms with Crippen LogP contribution in [0.2, 0.25) is 0 Å². The zero-order chi connectivity index (χ0) is 17.0. The number of amides is 4. The first-order chi connectivity index (χ1) is 10.7. The maximum absolute atomic E-state index is 12.5. The lowest BCUT2D eigenvalue weighted by Gasteiger charge is -2.23. The van der Waals surface area contributed by atoms with Crippen molar-refractivity contribution in [3.8, 4) is 0 Å². The van der Waals surface area contributed by atoms with Crippen LogP contribution in [0.1, 0.15) is 33.1 Å². The van der Waals surface area contributed by atoms with E-state index in [1.807, 2.05) is 0 Å². The van der Waals surface area contributed by atoms with Crippen molar-refractivity contribution in [2.45, 2.75) is 38.6 Å². The lowest BCUT2D eigenvalue weighted by atomic mass is 9.90. The summed E-state index contributed by atoms with van der Waals surface area (Å²) < 4.78 is 0. The Labute approximate surface area is 133 Å². The normalized spacial score (nSPS) is 34.0. The Kier molecular flexibility index (Phi) is 3.38. The van der Waals surface area contributed by atoms with E-state index >= 15 is 0 Å². The lowest BCUT2D eigenvalue weighted by Crippen LogP contribution is -2.47. The molecule has 0 aromatic carbocycles. The highest BCUT2D eigenvalue weighted by molar-refractivity contribution is 6.09. The van der Waals surface area contributed by atoms with Crippen molar-refractivity contribution < 1.29 is 24.3 Å². The zero-order valence-electron chi connectivity index (χ0n) is 13.3. The van der Waals surface area contributed by atoms with Crippen molar-refractivity contribution in [1.82, 2.24) is 15.1 Å². The van der Waals surface area contributed by atoms with Crippen molar-refractivity contribution in [3.63, 3.8) is 0 Å². The second kappa shape index (κ2) is 4.94. The van der Waals surface area contributed by atoms with E-state index in [0.29, 0.717) is 13.0 Å². The van der Waals surface area contributed by atoms with E-state index < -0.39 is 28.9 Å². The highest BCUT2D eigenvalue weighted by atomic mass is 16.4. The van der Waals surface area contributed by atoms with Gasteiger partial charge in [-0.2, -0.15) is 0 Å². The van der Waals surface area contributed by atoms with Gasteiger partial charge in [0.25, 0.3) is 5.91 Å². The molecule has 2 heterocycles. The Hall–Kier alpha value is -2.12. The van der Waals surface area contributed by atoms with Gasteiger partial charge in [0.05, 0.1) is 5.41 Å². The molecule has 0 spiro atoms. The summed E-state index contributed by atoms with van der Waals surface area (Å²) in [7, 11) is 0. The first-order valence-electron chi connectivity index (χ1n) is 7.83. The zero-order valence-corrected chi connectivity index (χ0v) is 13.3. The molecule has 3 aliphatic rings. The van der Waals surface area contributed by atoms with E-state index in [4.69, 9.17) is 0 Å². The molecule has 1 saturated carbocycles. The Bertz CT molecular complexity index is 602. The van der Waals surface area contributed by atoms with Gasteiger partial charge in [-0.15, -0.1) is 0 Å². The quantitative estimate of drug-likeness (QED) is 0.710. The third-order valence-corrected chi connectivity index (χ3v) is 5.33. The molecular weight excluding hydrogens is 302 g/mol. The number of likely N-dealkylation sites (tertiary alicyclic amines) is 1. The van der Waals surface area contributed by atoms with Gasteiger partial charge in [-0.25, -0.2) is 4.79 Å². The van der Waals surface area contributed by atoms with Gasteiger partial charge in [0.15, 0.2) is 0 Å². The first-order valence-corrected chi connectivity index (χ1v) is 7.83. The molecule has 3 rings (SSSR count). The van der Waals surface area contributed by atoms with Crippen LogP contribution >= 0.6 is 0 Å². The van der Waals surface area contributed by atoms with Gasteiger partial charge >= 0.3 is 12.0 Å². The maximum atomic E-state index is 12.5. The Morgan fingerprint density at radius 3 is 2.48 bits per heavy atom. The van der Waals surface area contributed by atoms with Crippen molar-refractivity contribution >= 4 is 23.8 Å². The van der Waals surface area contributed by atoms with Crippen molar-refractivity contribution in [1.29, 1.82) is 0 Å². The number of urea groups is 1. The molecule has 0 aromatic heterocycles. The molecule has 1 aliphatic carbocycles. The number of nitrogens with zero attached hydrogens (tertiary/aromatic N) is 2. The number of nitrogens with one attached hydrogen (secondary N) is 1. The first kappa shape index (κ1) is 15.8. The fourth-order valence-electron chi connectivity index (χ4n) is 3.38. The second-order valence-electron chi connectivity index (χ2n) is 7.23. The number of hydrogen-bond acceptors (Lipinski definition) is 4. The summed E-state index contributed by atoms with van der Waals surface area (Å²) in [6.07, 6.45) is 2.16. The number of carboxylic acids is 1. The minimum Gasteiger partial charge on any atom is -0.481 e. The molecule has 23 heavy (non-hydrogen) atoms. The molecule has 2 aliphatic heterocycles. The summed E-state index contributed by atoms with van der Waals surface area (Å²) in [6.45, 7) is 3.39. The molecule has 2 atom stereocenters. The summed E-state index contributed by atoms with van der Waals surface area (Å²) in [5, 5.41) is 11.9. The Morgan fingerprint density at radius 2 is 1.96 bits per heavy atom. The number of carboxylic acid groups (broad SMARTS) is 1. The van der Waals surface area contributed by atoms with Gasteiger partial charge < -0.3 is 15.3 Å². The fraction of sp³-hybridized carbons (Fsp3) is 0.733. The summed E-state index contributed by atoms with van der Waals surface area (Å²) in [4.78, 5) is 50.5. The van der Waals surface area contributed by atoms with E-state index in [-0.39, 0.29) is 24.9 Å². The average Bonchev–Trinajstić information content (AvgIpc) is 3.22. The minimum absolute atomic E-state index is 0.102. The van der Waals surface area contributed by atoms with Crippen LogP contribution in [0.4, 0.5) is 4.79 Å². The molecular formula is C15H21N3O5. The van der Waals surface area contributed by atoms with Gasteiger partial charge in [0.2, 0.25) is 5.91 Å². The highest BCUT2D eigenvalue weighted by Crippen LogP contribution is 2.42. The highest BCUT2D eigenvalue weighted by Gasteiger charge is 2.56. The van der Waals surface area contributed by atoms with E-state index in [0.717, 1.165) is 17.7 Å². The number of rotatable bonds is 4. The lowest BCUT2D eigenvalue weighted by molar-refractivity contribution is -0.147. The molecule has 3 fully saturated rings. The largest absolute Gasteiger partial charge is 0.481 e. The summed E-state index contributed by atoms with van der Waals surface area (Å²) in [5.41, 5.74) is -1.87. The second-order valence-corrected chi connectivity index (χ2v) is 7.23. The fourth-order valence-corrected chi connectivity index (χ4v) is 3.38. The molecule has 2 N–H and O–H groups in total. The van der Waals surface area contributed by atoms with Crippen LogP contribution < -0.4 is 5.32 Å². The molecule has 0 radical (unpaired) electrons. The molecule has 8 heteroatoms. The van der Waals surface area contributed by atoms with Crippen LogP contribution in [0.5, 0.6) is 0 Å². The average molecular weight is 323 g/mol.